The summed E-state index contributed by atoms with van der Waals surface area (Å²) < 4.78 is 0. The second-order valence-corrected chi connectivity index (χ2v) is 6.98. The molecule has 0 aromatic heterocycles. The quantitative estimate of drug-likeness (QED) is 0.478. The van der Waals surface area contributed by atoms with E-state index < -0.39 is 11.9 Å². The first-order valence-electron chi connectivity index (χ1n) is 7.84. The number of benzene rings is 2. The molecule has 0 fully saturated rings. The van der Waals surface area contributed by atoms with Crippen LogP contribution in [-0.2, 0) is 14.4 Å². The number of aliphatic carboxylic acids is 1. The van der Waals surface area contributed by atoms with E-state index in [0.717, 1.165) is 11.0 Å². The number of nitrogens with one attached hydrogen (secondary N) is 2. The Morgan fingerprint density at radius 3 is 2.41 bits per heavy atom. The molecule has 2 aromatic rings. The van der Waals surface area contributed by atoms with Crippen molar-refractivity contribution in [3.63, 3.8) is 0 Å². The Bertz CT molecular complexity index is 882. The van der Waals surface area contributed by atoms with Gasteiger partial charge in [-0.05, 0) is 49.4 Å². The lowest BCUT2D eigenvalue weighted by Gasteiger charge is -2.07. The van der Waals surface area contributed by atoms with Crippen LogP contribution in [0.25, 0.3) is 0 Å². The minimum Gasteiger partial charge on any atom is -0.478 e. The third kappa shape index (κ3) is 7.16. The van der Waals surface area contributed by atoms with Gasteiger partial charge in [0.05, 0.1) is 5.75 Å². The van der Waals surface area contributed by atoms with E-state index in [1.807, 2.05) is 0 Å². The lowest BCUT2D eigenvalue weighted by atomic mass is 10.2. The first-order chi connectivity index (χ1) is 12.8. The maximum Gasteiger partial charge on any atom is 0.331 e. The fraction of sp³-hybridized carbons (Fsp3) is 0.105. The van der Waals surface area contributed by atoms with Crippen molar-refractivity contribution in [2.75, 3.05) is 16.4 Å². The molecule has 8 heteroatoms. The zero-order valence-electron chi connectivity index (χ0n) is 14.4. The van der Waals surface area contributed by atoms with E-state index in [9.17, 15) is 14.4 Å². The van der Waals surface area contributed by atoms with Gasteiger partial charge in [-0.2, -0.15) is 0 Å². The molecular formula is C19H17ClN2O4S. The Labute approximate surface area is 165 Å². The van der Waals surface area contributed by atoms with Gasteiger partial charge in [0.15, 0.2) is 0 Å². The number of hydrogen-bond acceptors (Lipinski definition) is 4. The highest BCUT2D eigenvalue weighted by atomic mass is 35.5. The maximum absolute atomic E-state index is 12.0. The van der Waals surface area contributed by atoms with Crippen LogP contribution in [0.4, 0.5) is 11.4 Å². The third-order valence-electron chi connectivity index (χ3n) is 3.29. The van der Waals surface area contributed by atoms with E-state index >= 15 is 0 Å². The van der Waals surface area contributed by atoms with Gasteiger partial charge in [0.25, 0.3) is 0 Å². The number of carboxylic acids is 1. The van der Waals surface area contributed by atoms with Gasteiger partial charge in [0.2, 0.25) is 11.8 Å². The molecule has 0 atom stereocenters. The van der Waals surface area contributed by atoms with Crippen molar-refractivity contribution in [1.29, 1.82) is 0 Å². The summed E-state index contributed by atoms with van der Waals surface area (Å²) in [5, 5.41) is 14.6. The highest BCUT2D eigenvalue weighted by molar-refractivity contribution is 8.00. The molecule has 2 rings (SSSR count). The predicted molar refractivity (Wildman–Crippen MR) is 107 cm³/mol. The van der Waals surface area contributed by atoms with Crippen LogP contribution in [0.2, 0.25) is 5.02 Å². The molecule has 0 radical (unpaired) electrons. The largest absolute Gasteiger partial charge is 0.478 e. The number of rotatable bonds is 7. The molecule has 0 saturated carbocycles. The van der Waals surface area contributed by atoms with E-state index in [1.165, 1.54) is 18.7 Å². The summed E-state index contributed by atoms with van der Waals surface area (Å²) in [6.45, 7) is 1.34. The second-order valence-electron chi connectivity index (χ2n) is 5.49. The summed E-state index contributed by atoms with van der Waals surface area (Å²) in [5.41, 5.74) is 1.11. The van der Waals surface area contributed by atoms with Crippen molar-refractivity contribution in [2.24, 2.45) is 0 Å². The number of halogens is 1. The number of carbonyl (C=O) groups excluding carboxylic acids is 2. The SMILES string of the molecule is C/C(=C/C(=O)Nc1ccc(SCC(=O)Nc2cccc(Cl)c2)cc1)C(=O)O. The molecule has 27 heavy (non-hydrogen) atoms. The summed E-state index contributed by atoms with van der Waals surface area (Å²) in [6, 6.07) is 13.8. The van der Waals surface area contributed by atoms with Crippen molar-refractivity contribution in [1.82, 2.24) is 0 Å². The first-order valence-corrected chi connectivity index (χ1v) is 9.20. The number of anilines is 2. The molecule has 0 aliphatic carbocycles. The number of amides is 2. The van der Waals surface area contributed by atoms with E-state index in [4.69, 9.17) is 16.7 Å². The van der Waals surface area contributed by atoms with E-state index in [0.29, 0.717) is 16.4 Å². The van der Waals surface area contributed by atoms with Gasteiger partial charge in [-0.25, -0.2) is 4.79 Å². The van der Waals surface area contributed by atoms with Crippen LogP contribution in [0.5, 0.6) is 0 Å². The van der Waals surface area contributed by atoms with Gasteiger partial charge in [0, 0.05) is 32.9 Å². The van der Waals surface area contributed by atoms with Gasteiger partial charge in [-0.1, -0.05) is 17.7 Å². The van der Waals surface area contributed by atoms with E-state index in [1.54, 1.807) is 48.5 Å². The molecule has 0 aliphatic heterocycles. The summed E-state index contributed by atoms with van der Waals surface area (Å²) in [4.78, 5) is 35.2. The average molecular weight is 405 g/mol. The van der Waals surface area contributed by atoms with Crippen LogP contribution in [0, 0.1) is 0 Å². The van der Waals surface area contributed by atoms with Crippen LogP contribution in [0.15, 0.2) is 65.1 Å². The normalized spacial score (nSPS) is 11.0. The van der Waals surface area contributed by atoms with Crippen molar-refractivity contribution in [3.8, 4) is 0 Å². The Morgan fingerprint density at radius 2 is 1.78 bits per heavy atom. The van der Waals surface area contributed by atoms with Crippen LogP contribution >= 0.6 is 23.4 Å². The van der Waals surface area contributed by atoms with Crippen LogP contribution in [0.3, 0.4) is 0 Å². The maximum atomic E-state index is 12.0. The van der Waals surface area contributed by atoms with Crippen LogP contribution in [-0.4, -0.2) is 28.6 Å². The molecular weight excluding hydrogens is 388 g/mol. The highest BCUT2D eigenvalue weighted by Gasteiger charge is 2.06. The summed E-state index contributed by atoms with van der Waals surface area (Å²) in [5.74, 6) is -1.60. The number of thioether (sulfide) groups is 1. The van der Waals surface area contributed by atoms with Gasteiger partial charge in [-0.3, -0.25) is 9.59 Å². The third-order valence-corrected chi connectivity index (χ3v) is 4.53. The molecule has 3 N–H and O–H groups in total. The zero-order valence-corrected chi connectivity index (χ0v) is 15.9. The zero-order chi connectivity index (χ0) is 19.8. The van der Waals surface area contributed by atoms with Gasteiger partial charge in [0.1, 0.15) is 0 Å². The standard InChI is InChI=1S/C19H17ClN2O4S/c1-12(19(25)26)9-17(23)21-14-5-7-16(8-6-14)27-11-18(24)22-15-4-2-3-13(20)10-15/h2-10H,11H2,1H3,(H,21,23)(H,22,24)(H,25,26)/b12-9-. The molecule has 6 nitrogen and oxygen atoms in total. The fourth-order valence-corrected chi connectivity index (χ4v) is 2.87. The van der Waals surface area contributed by atoms with Crippen LogP contribution in [0.1, 0.15) is 6.92 Å². The van der Waals surface area contributed by atoms with Crippen molar-refractivity contribution >= 4 is 52.5 Å². The van der Waals surface area contributed by atoms with E-state index in [-0.39, 0.29) is 17.2 Å². The highest BCUT2D eigenvalue weighted by Crippen LogP contribution is 2.21. The molecule has 0 aliphatic rings. The first kappa shape index (κ1) is 20.5. The Hall–Kier alpha value is -2.77. The van der Waals surface area contributed by atoms with Gasteiger partial charge in [-0.15, -0.1) is 11.8 Å². The van der Waals surface area contributed by atoms with Crippen molar-refractivity contribution in [3.05, 3.63) is 65.2 Å². The monoisotopic (exact) mass is 404 g/mol. The van der Waals surface area contributed by atoms with Gasteiger partial charge < -0.3 is 15.7 Å². The van der Waals surface area contributed by atoms with Crippen LogP contribution < -0.4 is 10.6 Å². The fourth-order valence-electron chi connectivity index (χ4n) is 1.98. The molecule has 0 unspecified atom stereocenters. The Balaban J connectivity index is 1.85. The Kier molecular flexibility index (Phi) is 7.45. The Morgan fingerprint density at radius 1 is 1.07 bits per heavy atom. The second kappa shape index (κ2) is 9.80. The van der Waals surface area contributed by atoms with Crippen molar-refractivity contribution in [2.45, 2.75) is 11.8 Å². The summed E-state index contributed by atoms with van der Waals surface area (Å²) >= 11 is 7.22. The smallest absolute Gasteiger partial charge is 0.331 e. The molecule has 0 heterocycles. The topological polar surface area (TPSA) is 95.5 Å². The lowest BCUT2D eigenvalue weighted by Crippen LogP contribution is -2.13. The molecule has 2 aromatic carbocycles. The summed E-state index contributed by atoms with van der Waals surface area (Å²) in [7, 11) is 0. The van der Waals surface area contributed by atoms with Gasteiger partial charge >= 0.3 is 5.97 Å². The summed E-state index contributed by atoms with van der Waals surface area (Å²) in [6.07, 6.45) is 1.02. The predicted octanol–water partition coefficient (Wildman–Crippen LogP) is 4.04. The molecule has 0 saturated heterocycles. The number of carbonyl (C=O) groups is 3. The number of hydrogen-bond donors (Lipinski definition) is 3. The minimum absolute atomic E-state index is 0.0506. The molecule has 140 valence electrons. The average Bonchev–Trinajstić information content (AvgIpc) is 2.61. The lowest BCUT2D eigenvalue weighted by molar-refractivity contribution is -0.132. The minimum atomic E-state index is -1.15. The number of carboxylic acid groups (broad SMARTS) is 1. The van der Waals surface area contributed by atoms with E-state index in [2.05, 4.69) is 10.6 Å². The molecule has 0 bridgehead atoms. The molecule has 2 amide bonds. The van der Waals surface area contributed by atoms with Crippen molar-refractivity contribution < 1.29 is 19.5 Å². The molecule has 0 spiro atoms.